The Bertz CT molecular complexity index is 2040. The molecule has 0 N–H and O–H groups in total. The zero-order chi connectivity index (χ0) is 30.1. The summed E-state index contributed by atoms with van der Waals surface area (Å²) in [7, 11) is 0. The summed E-state index contributed by atoms with van der Waals surface area (Å²) >= 11 is 2.82. The number of para-hydroxylation sites is 1. The van der Waals surface area contributed by atoms with Gasteiger partial charge >= 0.3 is 11.9 Å². The number of carbonyl (C=O) groups is 2. The van der Waals surface area contributed by atoms with E-state index >= 15 is 0 Å². The van der Waals surface area contributed by atoms with Crippen molar-refractivity contribution in [1.82, 2.24) is 14.3 Å². The maximum absolute atomic E-state index is 14.1. The first kappa shape index (κ1) is 28.3. The summed E-state index contributed by atoms with van der Waals surface area (Å²) in [5.74, 6) is -0.629. The lowest BCUT2D eigenvalue weighted by Crippen LogP contribution is -2.39. The lowest BCUT2D eigenvalue weighted by molar-refractivity contribution is -0.139. The maximum Gasteiger partial charge on any atom is 0.338 e. The number of thiophene rings is 1. The number of ether oxygens (including phenoxy) is 2. The number of hydrogen-bond donors (Lipinski definition) is 0. The third kappa shape index (κ3) is 5.52. The largest absolute Gasteiger partial charge is 0.463 e. The number of aromatic nitrogens is 3. The van der Waals surface area contributed by atoms with Crippen molar-refractivity contribution >= 4 is 40.7 Å². The summed E-state index contributed by atoms with van der Waals surface area (Å²) in [6.45, 7) is 4.97. The Morgan fingerprint density at radius 1 is 1.05 bits per heavy atom. The Kier molecular flexibility index (Phi) is 7.75. The van der Waals surface area contributed by atoms with Crippen LogP contribution in [0.5, 0.6) is 5.75 Å². The molecule has 0 saturated carbocycles. The molecular formula is C32H26N4O5S2. The molecule has 0 radical (unpaired) electrons. The number of rotatable bonds is 7. The van der Waals surface area contributed by atoms with Crippen LogP contribution in [0.2, 0.25) is 0 Å². The van der Waals surface area contributed by atoms with Crippen molar-refractivity contribution in [1.29, 1.82) is 0 Å². The van der Waals surface area contributed by atoms with Gasteiger partial charge in [0.15, 0.2) is 4.80 Å². The Balaban J connectivity index is 1.52. The smallest absolute Gasteiger partial charge is 0.338 e. The summed E-state index contributed by atoms with van der Waals surface area (Å²) in [6.07, 6.45) is 3.73. The van der Waals surface area contributed by atoms with E-state index < -0.39 is 18.0 Å². The molecule has 11 heteroatoms. The van der Waals surface area contributed by atoms with E-state index in [0.29, 0.717) is 26.3 Å². The zero-order valence-electron chi connectivity index (χ0n) is 23.5. The van der Waals surface area contributed by atoms with Crippen LogP contribution in [-0.4, -0.2) is 32.9 Å². The highest BCUT2D eigenvalue weighted by atomic mass is 32.1. The van der Waals surface area contributed by atoms with Crippen molar-refractivity contribution in [2.24, 2.45) is 4.99 Å². The average Bonchev–Trinajstić information content (AvgIpc) is 3.73. The fourth-order valence-electron chi connectivity index (χ4n) is 4.94. The van der Waals surface area contributed by atoms with Crippen LogP contribution in [0.4, 0.5) is 0 Å². The quantitative estimate of drug-likeness (QED) is 0.197. The minimum Gasteiger partial charge on any atom is -0.463 e. The molecular weight excluding hydrogens is 585 g/mol. The van der Waals surface area contributed by atoms with Gasteiger partial charge in [-0.05, 0) is 61.2 Å². The summed E-state index contributed by atoms with van der Waals surface area (Å²) in [6, 6.07) is 19.7. The Labute approximate surface area is 254 Å². The van der Waals surface area contributed by atoms with Crippen LogP contribution >= 0.6 is 22.7 Å². The minimum atomic E-state index is -0.785. The third-order valence-corrected chi connectivity index (χ3v) is 8.64. The Morgan fingerprint density at radius 3 is 2.49 bits per heavy atom. The predicted octanol–water partition coefficient (Wildman–Crippen LogP) is 4.64. The highest BCUT2D eigenvalue weighted by Gasteiger charge is 2.33. The summed E-state index contributed by atoms with van der Waals surface area (Å²) in [4.78, 5) is 44.9. The lowest BCUT2D eigenvalue weighted by atomic mass is 9.96. The summed E-state index contributed by atoms with van der Waals surface area (Å²) < 4.78 is 14.4. The number of hydrogen-bond acceptors (Lipinski definition) is 9. The van der Waals surface area contributed by atoms with Crippen LogP contribution in [0, 0.1) is 0 Å². The molecule has 9 nitrogen and oxygen atoms in total. The van der Waals surface area contributed by atoms with E-state index in [1.165, 1.54) is 22.8 Å². The number of nitrogens with zero attached hydrogens (tertiary/aromatic N) is 4. The van der Waals surface area contributed by atoms with Crippen molar-refractivity contribution in [3.05, 3.63) is 120 Å². The van der Waals surface area contributed by atoms with Crippen LogP contribution < -0.4 is 19.6 Å². The molecule has 216 valence electrons. The van der Waals surface area contributed by atoms with E-state index in [2.05, 4.69) is 4.99 Å². The summed E-state index contributed by atoms with van der Waals surface area (Å²) in [5, 5.41) is 6.84. The van der Waals surface area contributed by atoms with Gasteiger partial charge in [0.1, 0.15) is 11.4 Å². The molecule has 1 aliphatic heterocycles. The second-order valence-electron chi connectivity index (χ2n) is 9.66. The van der Waals surface area contributed by atoms with Crippen molar-refractivity contribution in [3.8, 4) is 22.0 Å². The fourth-order valence-corrected chi connectivity index (χ4v) is 6.71. The van der Waals surface area contributed by atoms with Crippen LogP contribution in [0.25, 0.3) is 22.3 Å². The van der Waals surface area contributed by atoms with Crippen molar-refractivity contribution in [2.45, 2.75) is 26.8 Å². The summed E-state index contributed by atoms with van der Waals surface area (Å²) in [5.41, 5.74) is 3.53. The number of fused-ring (bicyclic) bond motifs is 1. The molecule has 1 aliphatic rings. The topological polar surface area (TPSA) is 105 Å². The normalized spacial score (nSPS) is 14.8. The number of thiazole rings is 1. The molecule has 3 aromatic heterocycles. The van der Waals surface area contributed by atoms with E-state index in [1.807, 2.05) is 60.1 Å². The molecule has 0 fully saturated rings. The predicted molar refractivity (Wildman–Crippen MR) is 165 cm³/mol. The number of allylic oxidation sites excluding steroid dienone is 1. The van der Waals surface area contributed by atoms with Crippen LogP contribution in [0.15, 0.2) is 99.4 Å². The van der Waals surface area contributed by atoms with E-state index in [-0.39, 0.29) is 17.7 Å². The molecule has 0 aliphatic carbocycles. The monoisotopic (exact) mass is 610 g/mol. The molecule has 6 rings (SSSR count). The van der Waals surface area contributed by atoms with Crippen LogP contribution in [-0.2, 0) is 14.3 Å². The second-order valence-corrected chi connectivity index (χ2v) is 11.6. The van der Waals surface area contributed by atoms with Gasteiger partial charge in [0.2, 0.25) is 0 Å². The van der Waals surface area contributed by atoms with Gasteiger partial charge in [-0.25, -0.2) is 14.5 Å². The van der Waals surface area contributed by atoms with Crippen molar-refractivity contribution in [3.63, 3.8) is 0 Å². The first-order valence-corrected chi connectivity index (χ1v) is 15.2. The number of esters is 2. The van der Waals surface area contributed by atoms with Gasteiger partial charge in [0.25, 0.3) is 5.56 Å². The average molecular weight is 611 g/mol. The van der Waals surface area contributed by atoms with Crippen molar-refractivity contribution in [2.75, 3.05) is 6.61 Å². The van der Waals surface area contributed by atoms with Crippen LogP contribution in [0.3, 0.4) is 0 Å². The fraction of sp³-hybridized carbons (Fsp3) is 0.156. The SMILES string of the molecule is CCOC(=O)C1=C(C)N=c2s/c(=C\c3cn(-c4ccccc4)nc3-c3cccs3)c(=O)n2[C@H]1c1ccc(OC(C)=O)cc1. The molecule has 5 aromatic rings. The number of benzene rings is 2. The molecule has 43 heavy (non-hydrogen) atoms. The molecule has 0 amide bonds. The van der Waals surface area contributed by atoms with Crippen molar-refractivity contribution < 1.29 is 19.1 Å². The maximum atomic E-state index is 14.1. The highest BCUT2D eigenvalue weighted by Crippen LogP contribution is 2.32. The molecule has 4 heterocycles. The van der Waals surface area contributed by atoms with Gasteiger partial charge in [-0.1, -0.05) is 47.7 Å². The Morgan fingerprint density at radius 2 is 1.81 bits per heavy atom. The Hall–Kier alpha value is -4.87. The van der Waals surface area contributed by atoms with Gasteiger partial charge in [-0.3, -0.25) is 14.2 Å². The van der Waals surface area contributed by atoms with E-state index in [9.17, 15) is 14.4 Å². The third-order valence-electron chi connectivity index (χ3n) is 6.78. The standard InChI is InChI=1S/C32H26N4O5S2/c1-4-40-31(39)27-19(2)33-32-36(29(27)21-12-14-24(15-13-21)41-20(3)37)30(38)26(43-32)17-22-18-35(23-9-6-5-7-10-23)34-28(22)25-11-8-16-42-25/h5-18,29H,4H2,1-3H3/b26-17-/t29-/m0/s1. The molecule has 0 saturated heterocycles. The van der Waals surface area contributed by atoms with Crippen LogP contribution in [0.1, 0.15) is 37.9 Å². The first-order chi connectivity index (χ1) is 20.8. The molecule has 0 unspecified atom stereocenters. The zero-order valence-corrected chi connectivity index (χ0v) is 25.1. The van der Waals surface area contributed by atoms with Gasteiger partial charge in [0, 0.05) is 18.7 Å². The van der Waals surface area contributed by atoms with Gasteiger partial charge in [0.05, 0.1) is 39.0 Å². The second kappa shape index (κ2) is 11.8. The van der Waals surface area contributed by atoms with E-state index in [4.69, 9.17) is 14.6 Å². The molecule has 2 aromatic carbocycles. The highest BCUT2D eigenvalue weighted by molar-refractivity contribution is 7.13. The lowest BCUT2D eigenvalue weighted by Gasteiger charge is -2.24. The van der Waals surface area contributed by atoms with Gasteiger partial charge < -0.3 is 9.47 Å². The minimum absolute atomic E-state index is 0.176. The first-order valence-electron chi connectivity index (χ1n) is 13.5. The molecule has 0 bridgehead atoms. The van der Waals surface area contributed by atoms with Gasteiger partial charge in [-0.2, -0.15) is 5.10 Å². The number of carbonyl (C=O) groups excluding carboxylic acids is 2. The van der Waals surface area contributed by atoms with E-state index in [0.717, 1.165) is 21.8 Å². The van der Waals surface area contributed by atoms with Gasteiger partial charge in [-0.15, -0.1) is 11.3 Å². The van der Waals surface area contributed by atoms with E-state index in [1.54, 1.807) is 54.1 Å². The molecule has 0 spiro atoms. The molecule has 1 atom stereocenters.